The highest BCUT2D eigenvalue weighted by Crippen LogP contribution is 2.34. The van der Waals surface area contributed by atoms with E-state index in [-0.39, 0.29) is 39.9 Å². The van der Waals surface area contributed by atoms with Gasteiger partial charge in [0.2, 0.25) is 0 Å². The first-order chi connectivity index (χ1) is 11.0. The number of hydrogen-bond donors (Lipinski definition) is 2. The number of halogens is 3. The smallest absolute Gasteiger partial charge is 0.252 e. The van der Waals surface area contributed by atoms with Crippen molar-refractivity contribution in [3.05, 3.63) is 33.3 Å². The largest absolute Gasteiger partial charge is 0.494 e. The molecular formula is C14H15Cl3N2O4. The maximum atomic E-state index is 8.65. The lowest BCUT2D eigenvalue weighted by Gasteiger charge is -2.12. The Labute approximate surface area is 148 Å². The number of nitrogens with one attached hydrogen (secondary N) is 1. The van der Waals surface area contributed by atoms with Gasteiger partial charge in [-0.15, -0.1) is 0 Å². The molecule has 0 bridgehead atoms. The molecule has 0 aliphatic heterocycles. The van der Waals surface area contributed by atoms with E-state index in [0.29, 0.717) is 12.2 Å². The summed E-state index contributed by atoms with van der Waals surface area (Å²) in [4.78, 5) is 4.92. The molecule has 0 unspecified atom stereocenters. The number of aliphatic hydroxyl groups is 1. The van der Waals surface area contributed by atoms with Gasteiger partial charge in [-0.2, -0.15) is 0 Å². The van der Waals surface area contributed by atoms with Gasteiger partial charge in [-0.25, -0.2) is 0 Å². The second-order valence-corrected chi connectivity index (χ2v) is 5.43. The van der Waals surface area contributed by atoms with E-state index in [0.717, 1.165) is 0 Å². The third-order valence-electron chi connectivity index (χ3n) is 2.43. The van der Waals surface area contributed by atoms with Crippen LogP contribution in [-0.2, 0) is 4.84 Å². The summed E-state index contributed by atoms with van der Waals surface area (Å²) in [6.45, 7) is 0.0720. The standard InChI is InChI=1S/C14H15Cl3N2O4/c1-21-13-10(14(18)23-19-4-2-5-20)7-9(8-11(13)15)22-6-3-12(16)17/h3-4,7-8,18,20H,2,5-6H2,1H3/b18-14?,19-4+. The highest BCUT2D eigenvalue weighted by Gasteiger charge is 2.16. The number of aliphatic hydroxyl groups excluding tert-OH is 1. The number of methoxy groups -OCH3 is 1. The summed E-state index contributed by atoms with van der Waals surface area (Å²) in [5.41, 5.74) is 0.261. The highest BCUT2D eigenvalue weighted by atomic mass is 35.5. The first-order valence-electron chi connectivity index (χ1n) is 6.39. The minimum atomic E-state index is -0.283. The van der Waals surface area contributed by atoms with Crippen molar-refractivity contribution in [2.75, 3.05) is 20.3 Å². The van der Waals surface area contributed by atoms with Crippen molar-refractivity contribution >= 4 is 46.9 Å². The minimum Gasteiger partial charge on any atom is -0.494 e. The molecule has 0 heterocycles. The fourth-order valence-corrected chi connectivity index (χ4v) is 1.89. The maximum absolute atomic E-state index is 8.65. The Morgan fingerprint density at radius 2 is 2.13 bits per heavy atom. The molecule has 0 aromatic heterocycles. The Morgan fingerprint density at radius 1 is 1.39 bits per heavy atom. The van der Waals surface area contributed by atoms with Crippen molar-refractivity contribution in [3.8, 4) is 11.5 Å². The van der Waals surface area contributed by atoms with Gasteiger partial charge in [0.25, 0.3) is 5.90 Å². The van der Waals surface area contributed by atoms with Crippen molar-refractivity contribution in [1.82, 2.24) is 0 Å². The number of ether oxygens (including phenoxy) is 2. The molecular weight excluding hydrogens is 367 g/mol. The molecule has 6 nitrogen and oxygen atoms in total. The zero-order chi connectivity index (χ0) is 17.2. The van der Waals surface area contributed by atoms with Gasteiger partial charge >= 0.3 is 0 Å². The lowest BCUT2D eigenvalue weighted by Crippen LogP contribution is -2.06. The average Bonchev–Trinajstić information content (AvgIpc) is 2.50. The maximum Gasteiger partial charge on any atom is 0.252 e. The fourth-order valence-electron chi connectivity index (χ4n) is 1.48. The summed E-state index contributed by atoms with van der Waals surface area (Å²) in [6, 6.07) is 3.05. The highest BCUT2D eigenvalue weighted by molar-refractivity contribution is 6.55. The molecule has 0 aliphatic carbocycles. The van der Waals surface area contributed by atoms with Crippen molar-refractivity contribution in [1.29, 1.82) is 5.41 Å². The Balaban J connectivity index is 2.96. The first kappa shape index (κ1) is 19.6. The van der Waals surface area contributed by atoms with Gasteiger partial charge in [0.05, 0.1) is 17.7 Å². The fraction of sp³-hybridized carbons (Fsp3) is 0.286. The van der Waals surface area contributed by atoms with E-state index in [1.165, 1.54) is 31.5 Å². The SMILES string of the molecule is COc1c(Cl)cc(OCC=C(Cl)Cl)cc1C(=N)O/N=C/CCO. The summed E-state index contributed by atoms with van der Waals surface area (Å²) in [7, 11) is 1.42. The second-order valence-electron chi connectivity index (χ2n) is 4.01. The van der Waals surface area contributed by atoms with Crippen molar-refractivity contribution < 1.29 is 19.4 Å². The normalized spacial score (nSPS) is 10.5. The van der Waals surface area contributed by atoms with E-state index in [1.807, 2.05) is 0 Å². The van der Waals surface area contributed by atoms with Gasteiger partial charge in [-0.1, -0.05) is 40.0 Å². The monoisotopic (exact) mass is 380 g/mol. The predicted molar refractivity (Wildman–Crippen MR) is 91.4 cm³/mol. The predicted octanol–water partition coefficient (Wildman–Crippen LogP) is 3.76. The average molecular weight is 382 g/mol. The number of hydrogen-bond acceptors (Lipinski definition) is 6. The van der Waals surface area contributed by atoms with Crippen molar-refractivity contribution in [3.63, 3.8) is 0 Å². The van der Waals surface area contributed by atoms with E-state index in [9.17, 15) is 0 Å². The van der Waals surface area contributed by atoms with Crippen LogP contribution in [0.4, 0.5) is 0 Å². The molecule has 0 atom stereocenters. The van der Waals surface area contributed by atoms with E-state index in [2.05, 4.69) is 5.16 Å². The summed E-state index contributed by atoms with van der Waals surface area (Å²) in [6.07, 6.45) is 3.12. The van der Waals surface area contributed by atoms with Gasteiger partial charge in [0.1, 0.15) is 22.6 Å². The van der Waals surface area contributed by atoms with E-state index in [4.69, 9.17) is 59.6 Å². The zero-order valence-electron chi connectivity index (χ0n) is 12.2. The van der Waals surface area contributed by atoms with Crippen LogP contribution in [0.15, 0.2) is 27.9 Å². The van der Waals surface area contributed by atoms with E-state index >= 15 is 0 Å². The Kier molecular flexibility index (Phi) is 8.79. The van der Waals surface area contributed by atoms with Crippen LogP contribution in [0.5, 0.6) is 11.5 Å². The number of nitrogens with zero attached hydrogens (tertiary/aromatic N) is 1. The second kappa shape index (κ2) is 10.3. The van der Waals surface area contributed by atoms with Crippen LogP contribution < -0.4 is 9.47 Å². The Bertz CT molecular complexity index is 602. The van der Waals surface area contributed by atoms with Gasteiger partial charge in [-0.3, -0.25) is 5.41 Å². The molecule has 0 amide bonds. The van der Waals surface area contributed by atoms with Crippen LogP contribution in [-0.4, -0.2) is 37.5 Å². The molecule has 0 radical (unpaired) electrons. The number of oxime groups is 1. The van der Waals surface area contributed by atoms with Crippen molar-refractivity contribution in [2.45, 2.75) is 6.42 Å². The van der Waals surface area contributed by atoms with Gasteiger partial charge in [0.15, 0.2) is 0 Å². The number of benzene rings is 1. The van der Waals surface area contributed by atoms with Gasteiger partial charge < -0.3 is 19.4 Å². The minimum absolute atomic E-state index is 0.0602. The lowest BCUT2D eigenvalue weighted by molar-refractivity contribution is 0.300. The molecule has 1 aromatic rings. The Morgan fingerprint density at radius 3 is 2.74 bits per heavy atom. The van der Waals surface area contributed by atoms with Crippen molar-refractivity contribution in [2.24, 2.45) is 5.16 Å². The quantitative estimate of drug-likeness (QED) is 0.408. The first-order valence-corrected chi connectivity index (χ1v) is 7.53. The van der Waals surface area contributed by atoms with Crippen LogP contribution in [0.2, 0.25) is 5.02 Å². The molecule has 2 N–H and O–H groups in total. The molecule has 9 heteroatoms. The molecule has 23 heavy (non-hydrogen) atoms. The van der Waals surface area contributed by atoms with E-state index < -0.39 is 0 Å². The Hall–Kier alpha value is -1.47. The molecule has 1 rings (SSSR count). The van der Waals surface area contributed by atoms with Gasteiger partial charge in [0, 0.05) is 25.3 Å². The van der Waals surface area contributed by atoms with Crippen LogP contribution >= 0.6 is 34.8 Å². The summed E-state index contributed by atoms with van der Waals surface area (Å²) >= 11 is 17.1. The molecule has 0 spiro atoms. The van der Waals surface area contributed by atoms with Crippen LogP contribution in [0, 0.1) is 5.41 Å². The van der Waals surface area contributed by atoms with Crippen LogP contribution in [0.1, 0.15) is 12.0 Å². The molecule has 0 saturated carbocycles. The summed E-state index contributed by atoms with van der Waals surface area (Å²) in [5, 5.41) is 20.4. The molecule has 0 saturated heterocycles. The molecule has 126 valence electrons. The number of rotatable bonds is 8. The van der Waals surface area contributed by atoms with Gasteiger partial charge in [-0.05, 0) is 12.1 Å². The third kappa shape index (κ3) is 6.66. The molecule has 0 fully saturated rings. The third-order valence-corrected chi connectivity index (χ3v) is 3.02. The lowest BCUT2D eigenvalue weighted by atomic mass is 10.2. The zero-order valence-corrected chi connectivity index (χ0v) is 14.5. The molecule has 1 aromatic carbocycles. The topological polar surface area (TPSA) is 84.1 Å². The summed E-state index contributed by atoms with van der Waals surface area (Å²) < 4.78 is 10.7. The van der Waals surface area contributed by atoms with E-state index in [1.54, 1.807) is 0 Å². The molecule has 0 aliphatic rings. The van der Waals surface area contributed by atoms with Crippen LogP contribution in [0.25, 0.3) is 0 Å². The van der Waals surface area contributed by atoms with Crippen LogP contribution in [0.3, 0.4) is 0 Å². The summed E-state index contributed by atoms with van der Waals surface area (Å²) in [5.74, 6) is 0.353.